The Morgan fingerprint density at radius 1 is 0.817 bits per heavy atom. The Morgan fingerprint density at radius 3 is 2.12 bits per heavy atom. The molecule has 0 spiro atoms. The van der Waals surface area contributed by atoms with Crippen LogP contribution in [-0.4, -0.2) is 109 Å². The minimum absolute atomic E-state index is 0.0185. The van der Waals surface area contributed by atoms with Crippen LogP contribution in [0.25, 0.3) is 0 Å². The number of aliphatic hydroxyl groups is 3. The Hall–Kier alpha value is -5.19. The first kappa shape index (κ1) is 47.5. The molecule has 6 atom stereocenters. The van der Waals surface area contributed by atoms with Crippen molar-refractivity contribution in [1.82, 2.24) is 41.5 Å². The number of amides is 5. The van der Waals surface area contributed by atoms with Crippen molar-refractivity contribution < 1.29 is 39.3 Å². The Balaban J connectivity index is 1.53. The molecule has 328 valence electrons. The number of aliphatic hydroxyl groups excluding tert-OH is 3. The number of nitrogens with zero attached hydrogens (tertiary/aromatic N) is 2. The number of aromatic nitrogens is 3. The fourth-order valence-electron chi connectivity index (χ4n) is 7.38. The second kappa shape index (κ2) is 24.2. The van der Waals surface area contributed by atoms with E-state index in [-0.39, 0.29) is 37.0 Å². The van der Waals surface area contributed by atoms with E-state index in [2.05, 4.69) is 41.5 Å². The molecule has 0 bridgehead atoms. The zero-order valence-electron chi connectivity index (χ0n) is 35.1. The van der Waals surface area contributed by atoms with Crippen LogP contribution in [0.3, 0.4) is 0 Å². The molecule has 16 heteroatoms. The summed E-state index contributed by atoms with van der Waals surface area (Å²) in [5.41, 5.74) is 0.984. The van der Waals surface area contributed by atoms with Gasteiger partial charge in [0.1, 0.15) is 18.1 Å². The van der Waals surface area contributed by atoms with Crippen molar-refractivity contribution in [2.45, 2.75) is 134 Å². The third kappa shape index (κ3) is 15.4. The Kier molecular flexibility index (Phi) is 19.1. The molecule has 9 N–H and O–H groups in total. The van der Waals surface area contributed by atoms with Gasteiger partial charge in [0.05, 0.1) is 43.6 Å². The summed E-state index contributed by atoms with van der Waals surface area (Å²) in [6.07, 6.45) is 11.1. The molecule has 0 radical (unpaired) electrons. The summed E-state index contributed by atoms with van der Waals surface area (Å²) in [7, 11) is 0. The van der Waals surface area contributed by atoms with Gasteiger partial charge < -0.3 is 46.9 Å². The molecular formula is C44H64N8O8. The Labute approximate surface area is 352 Å². The first-order valence-electron chi connectivity index (χ1n) is 21.1. The Morgan fingerprint density at radius 2 is 1.48 bits per heavy atom. The summed E-state index contributed by atoms with van der Waals surface area (Å²) in [6, 6.07) is 8.79. The van der Waals surface area contributed by atoms with Crippen LogP contribution in [0, 0.1) is 11.8 Å². The predicted molar refractivity (Wildman–Crippen MR) is 225 cm³/mol. The molecule has 1 aromatic carbocycles. The fraction of sp³-hybridized carbons (Fsp3) is 0.568. The minimum Gasteiger partial charge on any atom is -0.394 e. The summed E-state index contributed by atoms with van der Waals surface area (Å²) < 4.78 is 0. The van der Waals surface area contributed by atoms with Crippen LogP contribution < -0.4 is 26.6 Å². The number of carbonyl (C=O) groups excluding carboxylic acids is 5. The molecule has 60 heavy (non-hydrogen) atoms. The van der Waals surface area contributed by atoms with Crippen molar-refractivity contribution in [3.63, 3.8) is 0 Å². The number of H-pyrrole nitrogens is 1. The summed E-state index contributed by atoms with van der Waals surface area (Å²) in [5, 5.41) is 45.2. The number of nitrogens with one attached hydrogen (secondary N) is 6. The van der Waals surface area contributed by atoms with Crippen molar-refractivity contribution in [3.8, 4) is 0 Å². The van der Waals surface area contributed by atoms with Gasteiger partial charge in [0.25, 0.3) is 0 Å². The summed E-state index contributed by atoms with van der Waals surface area (Å²) in [5.74, 6) is -2.86. The van der Waals surface area contributed by atoms with Crippen molar-refractivity contribution in [3.05, 3.63) is 84.2 Å². The van der Waals surface area contributed by atoms with Crippen LogP contribution >= 0.6 is 0 Å². The normalized spacial score (nSPS) is 16.3. The smallest absolute Gasteiger partial charge is 0.243 e. The second-order valence-electron chi connectivity index (χ2n) is 16.4. The average Bonchev–Trinajstić information content (AvgIpc) is 3.78. The molecule has 1 aliphatic carbocycles. The number of aryl methyl sites for hydroxylation is 1. The van der Waals surface area contributed by atoms with Crippen LogP contribution in [0.5, 0.6) is 0 Å². The van der Waals surface area contributed by atoms with Crippen LogP contribution in [0.15, 0.2) is 67.4 Å². The number of imidazole rings is 1. The van der Waals surface area contributed by atoms with Crippen molar-refractivity contribution in [1.29, 1.82) is 0 Å². The van der Waals surface area contributed by atoms with E-state index in [1.165, 1.54) is 13.3 Å². The predicted octanol–water partition coefficient (Wildman–Crippen LogP) is 1.79. The van der Waals surface area contributed by atoms with Crippen LogP contribution in [0.2, 0.25) is 0 Å². The molecule has 1 saturated carbocycles. The van der Waals surface area contributed by atoms with Gasteiger partial charge in [-0.2, -0.15) is 0 Å². The lowest BCUT2D eigenvalue weighted by Crippen LogP contribution is -2.59. The molecule has 2 heterocycles. The number of pyridine rings is 1. The number of aromatic amines is 1. The highest BCUT2D eigenvalue weighted by Crippen LogP contribution is 2.28. The van der Waals surface area contributed by atoms with Crippen LogP contribution in [0.4, 0.5) is 0 Å². The molecular weight excluding hydrogens is 769 g/mol. The molecule has 2 aromatic heterocycles. The minimum atomic E-state index is -1.36. The van der Waals surface area contributed by atoms with E-state index in [0.29, 0.717) is 25.0 Å². The lowest BCUT2D eigenvalue weighted by Gasteiger charge is -2.33. The summed E-state index contributed by atoms with van der Waals surface area (Å²) in [4.78, 5) is 79.6. The zero-order valence-corrected chi connectivity index (χ0v) is 35.1. The van der Waals surface area contributed by atoms with E-state index in [0.717, 1.165) is 43.2 Å². The topological polar surface area (TPSA) is 248 Å². The number of carbonyl (C=O) groups is 5. The molecule has 4 rings (SSSR count). The standard InChI is InChI=1S/C44H64N8O8/c1-4-29(2)40(43(60)52-44(3,26-53)27-54)51-39(57)24-37(55)34(21-31-11-7-5-8-12-31)49-42(59)36(23-33-25-46-28-47-33)50-41(58)35(22-32-13-9-6-10-14-32)48-38(56)16-15-30-17-19-45-20-18-30/h6,9-10,13-14,17-20,25,28-29,31,34-37,40,53-55H,4-5,7-8,11-12,15-16,21-24,26-27H2,1-3H3,(H,46,47)(H,48,56)(H,49,59)(H,50,58)(H,51,57)(H,52,60). The van der Waals surface area contributed by atoms with Gasteiger partial charge >= 0.3 is 0 Å². The summed E-state index contributed by atoms with van der Waals surface area (Å²) >= 11 is 0. The number of hydrogen-bond acceptors (Lipinski definition) is 10. The molecule has 0 aliphatic heterocycles. The van der Waals surface area contributed by atoms with Gasteiger partial charge in [-0.3, -0.25) is 29.0 Å². The van der Waals surface area contributed by atoms with Gasteiger partial charge in [-0.25, -0.2) is 4.98 Å². The fourth-order valence-corrected chi connectivity index (χ4v) is 7.38. The maximum atomic E-state index is 14.3. The molecule has 3 aromatic rings. The third-order valence-corrected chi connectivity index (χ3v) is 11.4. The van der Waals surface area contributed by atoms with E-state index in [1.54, 1.807) is 25.5 Å². The second-order valence-corrected chi connectivity index (χ2v) is 16.4. The van der Waals surface area contributed by atoms with Crippen LogP contribution in [0.1, 0.15) is 95.4 Å². The highest BCUT2D eigenvalue weighted by molar-refractivity contribution is 5.93. The highest BCUT2D eigenvalue weighted by Gasteiger charge is 2.35. The molecule has 0 saturated heterocycles. The maximum absolute atomic E-state index is 14.3. The van der Waals surface area contributed by atoms with Gasteiger partial charge in [0.15, 0.2) is 0 Å². The molecule has 5 amide bonds. The maximum Gasteiger partial charge on any atom is 0.243 e. The monoisotopic (exact) mass is 832 g/mol. The zero-order chi connectivity index (χ0) is 43.5. The molecule has 16 nitrogen and oxygen atoms in total. The van der Waals surface area contributed by atoms with Gasteiger partial charge in [-0.1, -0.05) is 82.7 Å². The number of rotatable bonds is 24. The number of hydrogen-bond donors (Lipinski definition) is 9. The SMILES string of the molecule is CCC(C)C(NC(=O)CC(O)C(CC1CCCCC1)NC(=O)C(Cc1cnc[nH]1)NC(=O)C(Cc1ccccc1)NC(=O)CCc1ccncc1)C(=O)NC(C)(CO)CO. The van der Waals surface area contributed by atoms with E-state index in [9.17, 15) is 39.3 Å². The lowest BCUT2D eigenvalue weighted by molar-refractivity contribution is -0.134. The van der Waals surface area contributed by atoms with Crippen molar-refractivity contribution in [2.75, 3.05) is 13.2 Å². The van der Waals surface area contributed by atoms with Gasteiger partial charge in [0.2, 0.25) is 29.5 Å². The van der Waals surface area contributed by atoms with Gasteiger partial charge in [-0.05, 0) is 54.9 Å². The average molecular weight is 833 g/mol. The lowest BCUT2D eigenvalue weighted by atomic mass is 9.83. The largest absolute Gasteiger partial charge is 0.394 e. The van der Waals surface area contributed by atoms with Crippen molar-refractivity contribution >= 4 is 29.5 Å². The molecule has 1 aliphatic rings. The quantitative estimate of drug-likeness (QED) is 0.0634. The van der Waals surface area contributed by atoms with Gasteiger partial charge in [-0.15, -0.1) is 0 Å². The first-order chi connectivity index (χ1) is 28.8. The number of benzene rings is 1. The Bertz CT molecular complexity index is 1770. The summed E-state index contributed by atoms with van der Waals surface area (Å²) in [6.45, 7) is 4.09. The molecule has 6 unspecified atom stereocenters. The van der Waals surface area contributed by atoms with E-state index < -0.39 is 79.1 Å². The third-order valence-electron chi connectivity index (χ3n) is 11.4. The highest BCUT2D eigenvalue weighted by atomic mass is 16.3. The van der Waals surface area contributed by atoms with E-state index in [1.807, 2.05) is 49.4 Å². The van der Waals surface area contributed by atoms with E-state index in [4.69, 9.17) is 0 Å². The van der Waals surface area contributed by atoms with Gasteiger partial charge in [0, 0.05) is 43.5 Å². The van der Waals surface area contributed by atoms with Crippen LogP contribution in [-0.2, 0) is 43.2 Å². The van der Waals surface area contributed by atoms with Crippen molar-refractivity contribution in [2.24, 2.45) is 11.8 Å². The first-order valence-corrected chi connectivity index (χ1v) is 21.1. The van der Waals surface area contributed by atoms with E-state index >= 15 is 0 Å². The molecule has 1 fully saturated rings.